The molecule has 0 aromatic heterocycles. The van der Waals surface area contributed by atoms with Crippen LogP contribution in [0.3, 0.4) is 0 Å². The highest BCUT2D eigenvalue weighted by atomic mass is 19.4. The van der Waals surface area contributed by atoms with Gasteiger partial charge in [-0.1, -0.05) is 6.07 Å². The van der Waals surface area contributed by atoms with E-state index in [1.54, 1.807) is 6.92 Å². The second-order valence-corrected chi connectivity index (χ2v) is 6.23. The Morgan fingerprint density at radius 2 is 1.96 bits per heavy atom. The van der Waals surface area contributed by atoms with Crippen LogP contribution in [0.5, 0.6) is 0 Å². The number of hydrogen-bond acceptors (Lipinski definition) is 5. The number of ketones is 1. The predicted molar refractivity (Wildman–Crippen MR) is 84.4 cm³/mol. The van der Waals surface area contributed by atoms with Gasteiger partial charge in [0.1, 0.15) is 11.3 Å². The van der Waals surface area contributed by atoms with Crippen molar-refractivity contribution in [2.45, 2.75) is 31.4 Å². The van der Waals surface area contributed by atoms with E-state index >= 15 is 0 Å². The number of benzene rings is 1. The first-order valence-corrected chi connectivity index (χ1v) is 8.17. The number of carbonyl (C=O) groups is 2. The Hall–Kier alpha value is -2.35. The van der Waals surface area contributed by atoms with Crippen LogP contribution in [-0.2, 0) is 30.7 Å². The summed E-state index contributed by atoms with van der Waals surface area (Å²) in [7, 11) is 0. The van der Waals surface area contributed by atoms with Crippen molar-refractivity contribution in [2.24, 2.45) is 0 Å². The summed E-state index contributed by atoms with van der Waals surface area (Å²) in [5, 5.41) is 10.4. The van der Waals surface area contributed by atoms with E-state index < -0.39 is 40.2 Å². The van der Waals surface area contributed by atoms with Crippen molar-refractivity contribution in [3.63, 3.8) is 0 Å². The molecule has 2 aliphatic rings. The van der Waals surface area contributed by atoms with Gasteiger partial charge in [0.15, 0.2) is 5.78 Å². The van der Waals surface area contributed by atoms with Crippen LogP contribution in [0.15, 0.2) is 23.8 Å². The molecule has 1 aliphatic carbocycles. The maximum atomic E-state index is 13.2. The minimum absolute atomic E-state index is 0.00112. The van der Waals surface area contributed by atoms with Crippen molar-refractivity contribution >= 4 is 17.5 Å². The molecule has 0 radical (unpaired) electrons. The lowest BCUT2D eigenvalue weighted by Gasteiger charge is -2.40. The highest BCUT2D eigenvalue weighted by Crippen LogP contribution is 2.47. The normalized spacial score (nSPS) is 19.5. The van der Waals surface area contributed by atoms with Crippen LogP contribution < -0.4 is 0 Å². The molecule has 0 unspecified atom stereocenters. The first-order chi connectivity index (χ1) is 12.2. The number of aliphatic hydroxyl groups excluding tert-OH is 1. The van der Waals surface area contributed by atoms with Crippen LogP contribution >= 0.6 is 0 Å². The summed E-state index contributed by atoms with van der Waals surface area (Å²) in [5.41, 5.74) is -2.65. The topological polar surface area (TPSA) is 72.8 Å². The lowest BCUT2D eigenvalue weighted by atomic mass is 9.64. The summed E-state index contributed by atoms with van der Waals surface area (Å²) < 4.78 is 49.6. The number of carbonyl (C=O) groups excluding carboxylic acids is 2. The van der Waals surface area contributed by atoms with Crippen molar-refractivity contribution in [1.82, 2.24) is 0 Å². The first kappa shape index (κ1) is 18.4. The highest BCUT2D eigenvalue weighted by Gasteiger charge is 2.51. The number of fused-ring (bicyclic) bond motifs is 2. The highest BCUT2D eigenvalue weighted by molar-refractivity contribution is 6.27. The van der Waals surface area contributed by atoms with E-state index in [0.29, 0.717) is 0 Å². The van der Waals surface area contributed by atoms with Crippen LogP contribution in [-0.4, -0.2) is 36.7 Å². The zero-order valence-electron chi connectivity index (χ0n) is 14.0. The Balaban J connectivity index is 2.26. The Labute approximate surface area is 147 Å². The molecule has 0 atom stereocenters. The molecule has 1 aliphatic heterocycles. The molecule has 3 rings (SSSR count). The van der Waals surface area contributed by atoms with E-state index in [1.807, 2.05) is 0 Å². The van der Waals surface area contributed by atoms with Crippen LogP contribution in [0, 0.1) is 0 Å². The van der Waals surface area contributed by atoms with E-state index in [4.69, 9.17) is 9.47 Å². The number of Topliss-reactive ketones (excluding diaryl/α,β-unsaturated/α-hetero) is 1. The van der Waals surface area contributed by atoms with Crippen LogP contribution in [0.25, 0.3) is 5.76 Å². The third-order valence-corrected chi connectivity index (χ3v) is 4.84. The Kier molecular flexibility index (Phi) is 4.56. The molecule has 0 bridgehead atoms. The Morgan fingerprint density at radius 1 is 1.31 bits per heavy atom. The molecule has 1 aromatic carbocycles. The lowest BCUT2D eigenvalue weighted by Crippen LogP contribution is -2.46. The number of alkyl halides is 3. The zero-order valence-corrected chi connectivity index (χ0v) is 14.0. The molecule has 5 nitrogen and oxygen atoms in total. The SMILES string of the molecule is CCOC(=O)C1=C(O)c2ccc(C(F)(F)F)cc2C2(CCOCC2)C1=O. The van der Waals surface area contributed by atoms with Crippen molar-refractivity contribution < 1.29 is 37.3 Å². The summed E-state index contributed by atoms with van der Waals surface area (Å²) in [5.74, 6) is -2.34. The summed E-state index contributed by atoms with van der Waals surface area (Å²) in [4.78, 5) is 25.3. The van der Waals surface area contributed by atoms with E-state index in [-0.39, 0.29) is 43.8 Å². The molecule has 1 N–H and O–H groups in total. The summed E-state index contributed by atoms with van der Waals surface area (Å²) >= 11 is 0. The molecule has 0 saturated carbocycles. The van der Waals surface area contributed by atoms with Gasteiger partial charge in [-0.05, 0) is 37.5 Å². The van der Waals surface area contributed by atoms with E-state index in [2.05, 4.69) is 0 Å². The number of hydrogen-bond donors (Lipinski definition) is 1. The average Bonchev–Trinajstić information content (AvgIpc) is 2.60. The molecule has 1 heterocycles. The van der Waals surface area contributed by atoms with Gasteiger partial charge in [-0.15, -0.1) is 0 Å². The van der Waals surface area contributed by atoms with Gasteiger partial charge in [0, 0.05) is 18.8 Å². The molecule has 26 heavy (non-hydrogen) atoms. The summed E-state index contributed by atoms with van der Waals surface area (Å²) in [6.07, 6.45) is -4.35. The molecule has 8 heteroatoms. The summed E-state index contributed by atoms with van der Waals surface area (Å²) in [6, 6.07) is 2.80. The number of aliphatic hydroxyl groups is 1. The zero-order chi connectivity index (χ0) is 19.1. The van der Waals surface area contributed by atoms with E-state index in [0.717, 1.165) is 18.2 Å². The monoisotopic (exact) mass is 370 g/mol. The molecule has 1 aromatic rings. The fourth-order valence-electron chi connectivity index (χ4n) is 3.54. The van der Waals surface area contributed by atoms with E-state index in [9.17, 15) is 27.9 Å². The van der Waals surface area contributed by atoms with Gasteiger partial charge in [-0.25, -0.2) is 4.79 Å². The fraction of sp³-hybridized carbons (Fsp3) is 0.444. The minimum atomic E-state index is -4.59. The van der Waals surface area contributed by atoms with Crippen LogP contribution in [0.1, 0.15) is 36.5 Å². The Bertz CT molecular complexity index is 789. The Morgan fingerprint density at radius 3 is 2.54 bits per heavy atom. The number of halogens is 3. The number of rotatable bonds is 2. The van der Waals surface area contributed by atoms with Gasteiger partial charge in [0.25, 0.3) is 0 Å². The smallest absolute Gasteiger partial charge is 0.416 e. The van der Waals surface area contributed by atoms with Gasteiger partial charge in [-0.2, -0.15) is 13.2 Å². The number of ether oxygens (including phenoxy) is 2. The predicted octanol–water partition coefficient (Wildman–Crippen LogP) is 3.17. The maximum absolute atomic E-state index is 13.2. The first-order valence-electron chi connectivity index (χ1n) is 8.17. The fourth-order valence-corrected chi connectivity index (χ4v) is 3.54. The quantitative estimate of drug-likeness (QED) is 0.640. The summed E-state index contributed by atoms with van der Waals surface area (Å²) in [6.45, 7) is 1.88. The molecule has 0 amide bonds. The lowest BCUT2D eigenvalue weighted by molar-refractivity contribution is -0.142. The molecular formula is C18H17F3O5. The molecule has 1 fully saturated rings. The van der Waals surface area contributed by atoms with Gasteiger partial charge in [0.2, 0.25) is 0 Å². The van der Waals surface area contributed by atoms with Crippen molar-refractivity contribution in [2.75, 3.05) is 19.8 Å². The molecule has 1 saturated heterocycles. The second-order valence-electron chi connectivity index (χ2n) is 6.23. The van der Waals surface area contributed by atoms with Crippen molar-refractivity contribution in [1.29, 1.82) is 0 Å². The van der Waals surface area contributed by atoms with Crippen LogP contribution in [0.4, 0.5) is 13.2 Å². The largest absolute Gasteiger partial charge is 0.506 e. The minimum Gasteiger partial charge on any atom is -0.506 e. The molecular weight excluding hydrogens is 353 g/mol. The van der Waals surface area contributed by atoms with E-state index in [1.165, 1.54) is 0 Å². The van der Waals surface area contributed by atoms with Crippen molar-refractivity contribution in [3.8, 4) is 0 Å². The molecule has 1 spiro atoms. The third-order valence-electron chi connectivity index (χ3n) is 4.84. The van der Waals surface area contributed by atoms with Crippen LogP contribution in [0.2, 0.25) is 0 Å². The van der Waals surface area contributed by atoms with Gasteiger partial charge >= 0.3 is 12.1 Å². The van der Waals surface area contributed by atoms with Gasteiger partial charge < -0.3 is 14.6 Å². The average molecular weight is 370 g/mol. The van der Waals surface area contributed by atoms with Crippen molar-refractivity contribution in [3.05, 3.63) is 40.5 Å². The number of esters is 1. The van der Waals surface area contributed by atoms with Gasteiger partial charge in [0.05, 0.1) is 17.6 Å². The maximum Gasteiger partial charge on any atom is 0.416 e. The second kappa shape index (κ2) is 6.42. The standard InChI is InChI=1S/C18H17F3O5/c1-2-26-16(24)13-14(22)11-4-3-10(18(19,20)21)9-12(11)17(15(13)23)5-7-25-8-6-17/h3-4,9,22H,2,5-8H2,1H3. The van der Waals surface area contributed by atoms with Gasteiger partial charge in [-0.3, -0.25) is 4.79 Å². The third kappa shape index (κ3) is 2.78. The molecule has 140 valence electrons.